The van der Waals surface area contributed by atoms with Crippen LogP contribution in [0.1, 0.15) is 37.2 Å². The Morgan fingerprint density at radius 3 is 2.56 bits per heavy atom. The summed E-state index contributed by atoms with van der Waals surface area (Å²) in [6.45, 7) is 3.70. The Morgan fingerprint density at radius 1 is 1.44 bits per heavy atom. The van der Waals surface area contributed by atoms with E-state index in [1.807, 2.05) is 13.8 Å². The predicted octanol–water partition coefficient (Wildman–Crippen LogP) is 1.24. The van der Waals surface area contributed by atoms with E-state index in [2.05, 4.69) is 10.3 Å². The van der Waals surface area contributed by atoms with E-state index < -0.39 is 5.97 Å². The van der Waals surface area contributed by atoms with Crippen LogP contribution in [0.15, 0.2) is 18.3 Å². The van der Waals surface area contributed by atoms with Gasteiger partial charge in [0.15, 0.2) is 0 Å². The first kappa shape index (κ1) is 14.1. The lowest BCUT2D eigenvalue weighted by molar-refractivity contribution is -0.116. The third-order valence-corrected chi connectivity index (χ3v) is 2.26. The maximum Gasteiger partial charge on any atom is 0.354 e. The summed E-state index contributed by atoms with van der Waals surface area (Å²) >= 11 is 0. The van der Waals surface area contributed by atoms with Gasteiger partial charge < -0.3 is 16.2 Å². The molecule has 1 amide bonds. The van der Waals surface area contributed by atoms with Crippen molar-refractivity contribution in [3.8, 4) is 0 Å². The number of nitrogens with two attached hydrogens (primary N) is 1. The molecule has 0 saturated heterocycles. The van der Waals surface area contributed by atoms with Gasteiger partial charge in [0, 0.05) is 12.0 Å². The number of carbonyl (C=O) groups is 2. The zero-order chi connectivity index (χ0) is 13.8. The first-order valence-corrected chi connectivity index (χ1v) is 5.56. The third-order valence-electron chi connectivity index (χ3n) is 2.26. The van der Waals surface area contributed by atoms with Gasteiger partial charge in [0.2, 0.25) is 5.91 Å². The fourth-order valence-electron chi connectivity index (χ4n) is 1.25. The molecular weight excluding hydrogens is 234 g/mol. The number of pyridine rings is 1. The molecule has 0 saturated carbocycles. The Hall–Kier alpha value is -1.95. The van der Waals surface area contributed by atoms with Crippen molar-refractivity contribution >= 4 is 17.6 Å². The molecule has 0 aliphatic heterocycles. The highest BCUT2D eigenvalue weighted by Gasteiger charge is 2.13. The molecule has 4 N–H and O–H groups in total. The fraction of sp³-hybridized carbons (Fsp3) is 0.417. The number of hydrogen-bond acceptors (Lipinski definition) is 4. The predicted molar refractivity (Wildman–Crippen MR) is 67.3 cm³/mol. The molecule has 0 aliphatic rings. The number of amides is 1. The zero-order valence-corrected chi connectivity index (χ0v) is 10.4. The van der Waals surface area contributed by atoms with Gasteiger partial charge in [-0.2, -0.15) is 0 Å². The maximum absolute atomic E-state index is 11.6. The van der Waals surface area contributed by atoms with Crippen molar-refractivity contribution in [2.75, 3.05) is 5.32 Å². The Labute approximate surface area is 105 Å². The molecule has 1 rings (SSSR count). The van der Waals surface area contributed by atoms with Crippen molar-refractivity contribution in [3.05, 3.63) is 24.0 Å². The van der Waals surface area contributed by atoms with Gasteiger partial charge in [-0.1, -0.05) is 0 Å². The van der Waals surface area contributed by atoms with Crippen molar-refractivity contribution in [1.82, 2.24) is 4.98 Å². The molecule has 1 heterocycles. The molecule has 18 heavy (non-hydrogen) atoms. The summed E-state index contributed by atoms with van der Waals surface area (Å²) in [5.41, 5.74) is 5.80. The molecule has 1 aromatic rings. The highest BCUT2D eigenvalue weighted by molar-refractivity contribution is 5.91. The second-order valence-electron chi connectivity index (χ2n) is 4.77. The Kier molecular flexibility index (Phi) is 4.38. The minimum Gasteiger partial charge on any atom is -0.477 e. The molecule has 98 valence electrons. The van der Waals surface area contributed by atoms with Crippen LogP contribution in [-0.4, -0.2) is 27.5 Å². The van der Waals surface area contributed by atoms with E-state index in [0.29, 0.717) is 18.5 Å². The zero-order valence-electron chi connectivity index (χ0n) is 10.4. The molecule has 0 fully saturated rings. The molecule has 0 spiro atoms. The van der Waals surface area contributed by atoms with Crippen LogP contribution in [0.3, 0.4) is 0 Å². The monoisotopic (exact) mass is 251 g/mol. The summed E-state index contributed by atoms with van der Waals surface area (Å²) in [5, 5.41) is 11.3. The number of carboxylic acid groups (broad SMARTS) is 1. The largest absolute Gasteiger partial charge is 0.477 e. The average Bonchev–Trinajstić information content (AvgIpc) is 2.26. The minimum absolute atomic E-state index is 0.0592. The molecular formula is C12H17N3O3. The lowest BCUT2D eigenvalue weighted by Crippen LogP contribution is -2.33. The van der Waals surface area contributed by atoms with Crippen LogP contribution in [0.2, 0.25) is 0 Å². The van der Waals surface area contributed by atoms with Gasteiger partial charge in [0.1, 0.15) is 5.69 Å². The Bertz CT molecular complexity index is 435. The van der Waals surface area contributed by atoms with E-state index in [-0.39, 0.29) is 17.1 Å². The average molecular weight is 251 g/mol. The molecule has 0 aromatic carbocycles. The molecule has 1 aromatic heterocycles. The first-order chi connectivity index (χ1) is 8.28. The summed E-state index contributed by atoms with van der Waals surface area (Å²) in [7, 11) is 0. The maximum atomic E-state index is 11.6. The van der Waals surface area contributed by atoms with Gasteiger partial charge in [-0.3, -0.25) is 4.79 Å². The van der Waals surface area contributed by atoms with Crippen molar-refractivity contribution in [2.24, 2.45) is 5.73 Å². The number of nitrogens with zero attached hydrogens (tertiary/aromatic N) is 1. The second kappa shape index (κ2) is 5.59. The number of rotatable bonds is 5. The van der Waals surface area contributed by atoms with E-state index in [4.69, 9.17) is 10.8 Å². The SMILES string of the molecule is CC(C)(N)CCC(=O)Nc1ccc(C(=O)O)nc1. The molecule has 0 bridgehead atoms. The van der Waals surface area contributed by atoms with Gasteiger partial charge in [0.05, 0.1) is 11.9 Å². The smallest absolute Gasteiger partial charge is 0.354 e. The van der Waals surface area contributed by atoms with Crippen LogP contribution >= 0.6 is 0 Å². The third kappa shape index (κ3) is 4.92. The van der Waals surface area contributed by atoms with Crippen molar-refractivity contribution < 1.29 is 14.7 Å². The highest BCUT2D eigenvalue weighted by atomic mass is 16.4. The van der Waals surface area contributed by atoms with E-state index in [9.17, 15) is 9.59 Å². The molecule has 6 nitrogen and oxygen atoms in total. The number of nitrogens with one attached hydrogen (secondary N) is 1. The topological polar surface area (TPSA) is 105 Å². The van der Waals surface area contributed by atoms with E-state index in [1.54, 1.807) is 0 Å². The van der Waals surface area contributed by atoms with E-state index >= 15 is 0 Å². The van der Waals surface area contributed by atoms with Crippen molar-refractivity contribution in [1.29, 1.82) is 0 Å². The number of anilines is 1. The standard InChI is InChI=1S/C12H17N3O3/c1-12(2,13)6-5-10(16)15-8-3-4-9(11(17)18)14-7-8/h3-4,7H,5-6,13H2,1-2H3,(H,15,16)(H,17,18). The summed E-state index contributed by atoms with van der Waals surface area (Å²) in [4.78, 5) is 25.9. The Morgan fingerprint density at radius 2 is 2.11 bits per heavy atom. The normalized spacial score (nSPS) is 11.1. The minimum atomic E-state index is -1.10. The van der Waals surface area contributed by atoms with Crippen LogP contribution < -0.4 is 11.1 Å². The van der Waals surface area contributed by atoms with Crippen molar-refractivity contribution in [3.63, 3.8) is 0 Å². The summed E-state index contributed by atoms with van der Waals surface area (Å²) in [6, 6.07) is 2.84. The lowest BCUT2D eigenvalue weighted by Gasteiger charge is -2.17. The highest BCUT2D eigenvalue weighted by Crippen LogP contribution is 2.10. The van der Waals surface area contributed by atoms with Gasteiger partial charge in [-0.25, -0.2) is 9.78 Å². The quantitative estimate of drug-likeness (QED) is 0.730. The van der Waals surface area contributed by atoms with Crippen LogP contribution in [-0.2, 0) is 4.79 Å². The van der Waals surface area contributed by atoms with Crippen LogP contribution in [0.4, 0.5) is 5.69 Å². The van der Waals surface area contributed by atoms with E-state index in [0.717, 1.165) is 0 Å². The molecule has 0 aliphatic carbocycles. The van der Waals surface area contributed by atoms with Crippen LogP contribution in [0.25, 0.3) is 0 Å². The molecule has 0 radical (unpaired) electrons. The van der Waals surface area contributed by atoms with Crippen LogP contribution in [0, 0.1) is 0 Å². The van der Waals surface area contributed by atoms with E-state index in [1.165, 1.54) is 18.3 Å². The number of carbonyl (C=O) groups excluding carboxylic acids is 1. The number of carboxylic acids is 1. The Balaban J connectivity index is 2.52. The molecule has 0 atom stereocenters. The fourth-order valence-corrected chi connectivity index (χ4v) is 1.25. The van der Waals surface area contributed by atoms with Gasteiger partial charge in [-0.15, -0.1) is 0 Å². The van der Waals surface area contributed by atoms with Crippen LogP contribution in [0.5, 0.6) is 0 Å². The molecule has 0 unspecified atom stereocenters. The van der Waals surface area contributed by atoms with Gasteiger partial charge >= 0.3 is 5.97 Å². The number of hydrogen-bond donors (Lipinski definition) is 3. The van der Waals surface area contributed by atoms with Gasteiger partial charge in [-0.05, 0) is 32.4 Å². The van der Waals surface area contributed by atoms with Crippen molar-refractivity contribution in [2.45, 2.75) is 32.2 Å². The number of aromatic carboxylic acids is 1. The summed E-state index contributed by atoms with van der Waals surface area (Å²) in [6.07, 6.45) is 2.19. The first-order valence-electron chi connectivity index (χ1n) is 5.56. The molecule has 6 heteroatoms. The number of aromatic nitrogens is 1. The van der Waals surface area contributed by atoms with Gasteiger partial charge in [0.25, 0.3) is 0 Å². The lowest BCUT2D eigenvalue weighted by atomic mass is 10.00. The second-order valence-corrected chi connectivity index (χ2v) is 4.77. The summed E-state index contributed by atoms with van der Waals surface area (Å²) < 4.78 is 0. The summed E-state index contributed by atoms with van der Waals surface area (Å²) in [5.74, 6) is -1.27.